The van der Waals surface area contributed by atoms with Gasteiger partial charge in [0.1, 0.15) is 13.2 Å². The Hall–Kier alpha value is -2.11. The highest BCUT2D eigenvalue weighted by molar-refractivity contribution is 5.71. The highest BCUT2D eigenvalue weighted by Crippen LogP contribution is 2.14. The van der Waals surface area contributed by atoms with E-state index in [1.54, 1.807) is 0 Å². The van der Waals surface area contributed by atoms with Crippen molar-refractivity contribution in [1.29, 1.82) is 0 Å². The monoisotopic (exact) mass is 775 g/mol. The van der Waals surface area contributed by atoms with Crippen molar-refractivity contribution in [1.82, 2.24) is 0 Å². The van der Waals surface area contributed by atoms with Gasteiger partial charge in [0.05, 0.1) is 0 Å². The zero-order chi connectivity index (χ0) is 40.1. The van der Waals surface area contributed by atoms with Gasteiger partial charge in [-0.15, -0.1) is 0 Å². The lowest BCUT2D eigenvalue weighted by Crippen LogP contribution is -2.30. The van der Waals surface area contributed by atoms with E-state index >= 15 is 0 Å². The predicted molar refractivity (Wildman–Crippen MR) is 233 cm³/mol. The van der Waals surface area contributed by atoms with Crippen LogP contribution in [0, 0.1) is 0 Å². The number of carbonyl (C=O) groups excluding carboxylic acids is 3. The maximum absolute atomic E-state index is 12.7. The van der Waals surface area contributed by atoms with Gasteiger partial charge in [0.2, 0.25) is 0 Å². The van der Waals surface area contributed by atoms with Crippen molar-refractivity contribution in [3.05, 3.63) is 24.3 Å². The molecule has 0 bridgehead atoms. The molecule has 6 nitrogen and oxygen atoms in total. The van der Waals surface area contributed by atoms with Crippen molar-refractivity contribution in [3.8, 4) is 0 Å². The molecule has 6 heteroatoms. The second-order valence-electron chi connectivity index (χ2n) is 16.0. The van der Waals surface area contributed by atoms with E-state index in [2.05, 4.69) is 45.1 Å². The molecule has 0 fully saturated rings. The molecule has 0 spiro atoms. The molecule has 55 heavy (non-hydrogen) atoms. The first-order valence-corrected chi connectivity index (χ1v) is 23.8. The Kier molecular flexibility index (Phi) is 42.9. The van der Waals surface area contributed by atoms with Crippen LogP contribution in [0.15, 0.2) is 24.3 Å². The SMILES string of the molecule is CCCCCCCC/C=C\CCCCCC(=O)OC(COC(=O)CCCCC/C=C\CCCCCCCCC)COC(=O)CCCCCCCCCCCC. The number of unbranched alkanes of at least 4 members (excludes halogenated alkanes) is 28. The van der Waals surface area contributed by atoms with E-state index in [-0.39, 0.29) is 31.1 Å². The van der Waals surface area contributed by atoms with Crippen LogP contribution in [0.3, 0.4) is 0 Å². The quantitative estimate of drug-likeness (QED) is 0.0266. The lowest BCUT2D eigenvalue weighted by atomic mass is 10.1. The molecule has 322 valence electrons. The van der Waals surface area contributed by atoms with E-state index in [9.17, 15) is 14.4 Å². The first-order valence-electron chi connectivity index (χ1n) is 23.8. The summed E-state index contributed by atoms with van der Waals surface area (Å²) in [5.41, 5.74) is 0. The zero-order valence-corrected chi connectivity index (χ0v) is 36.7. The largest absolute Gasteiger partial charge is 0.462 e. The predicted octanol–water partition coefficient (Wildman–Crippen LogP) is 15.2. The van der Waals surface area contributed by atoms with Crippen molar-refractivity contribution in [2.75, 3.05) is 13.2 Å². The Bertz CT molecular complexity index is 896. The number of esters is 3. The lowest BCUT2D eigenvalue weighted by Gasteiger charge is -2.18. The average Bonchev–Trinajstić information content (AvgIpc) is 3.18. The summed E-state index contributed by atoms with van der Waals surface area (Å²) in [5.74, 6) is -0.907. The molecule has 0 saturated carbocycles. The number of ether oxygens (including phenoxy) is 3. The lowest BCUT2D eigenvalue weighted by molar-refractivity contribution is -0.167. The summed E-state index contributed by atoms with van der Waals surface area (Å²) in [6.07, 6.45) is 48.7. The van der Waals surface area contributed by atoms with E-state index in [0.29, 0.717) is 19.3 Å². The van der Waals surface area contributed by atoms with E-state index in [0.717, 1.165) is 83.5 Å². The smallest absolute Gasteiger partial charge is 0.306 e. The molecule has 0 aromatic heterocycles. The van der Waals surface area contributed by atoms with Crippen LogP contribution in [0.5, 0.6) is 0 Å². The van der Waals surface area contributed by atoms with E-state index < -0.39 is 6.10 Å². The van der Waals surface area contributed by atoms with Crippen molar-refractivity contribution in [2.24, 2.45) is 0 Å². The molecule has 0 aromatic carbocycles. The normalized spacial score (nSPS) is 12.1. The van der Waals surface area contributed by atoms with Gasteiger partial charge < -0.3 is 14.2 Å². The number of hydrogen-bond donors (Lipinski definition) is 0. The molecule has 0 aromatic rings. The fourth-order valence-corrected chi connectivity index (χ4v) is 6.78. The summed E-state index contributed by atoms with van der Waals surface area (Å²) < 4.78 is 16.7. The van der Waals surface area contributed by atoms with Gasteiger partial charge in [0.15, 0.2) is 6.10 Å². The molecular weight excluding hydrogens is 685 g/mol. The number of allylic oxidation sites excluding steroid dienone is 4. The fraction of sp³-hybridized carbons (Fsp3) is 0.857. The topological polar surface area (TPSA) is 78.9 Å². The van der Waals surface area contributed by atoms with Gasteiger partial charge >= 0.3 is 17.9 Å². The number of rotatable bonds is 43. The van der Waals surface area contributed by atoms with E-state index in [4.69, 9.17) is 14.2 Å². The Balaban J connectivity index is 4.39. The summed E-state index contributed by atoms with van der Waals surface area (Å²) in [4.78, 5) is 37.7. The molecule has 1 unspecified atom stereocenters. The van der Waals surface area contributed by atoms with E-state index in [1.807, 2.05) is 0 Å². The van der Waals surface area contributed by atoms with Crippen LogP contribution in [-0.4, -0.2) is 37.2 Å². The van der Waals surface area contributed by atoms with Crippen LogP contribution in [0.25, 0.3) is 0 Å². The van der Waals surface area contributed by atoms with Crippen molar-refractivity contribution >= 4 is 17.9 Å². The molecule has 1 atom stereocenters. The molecule has 0 radical (unpaired) electrons. The molecule has 0 aliphatic heterocycles. The third-order valence-electron chi connectivity index (χ3n) is 10.4. The highest BCUT2D eigenvalue weighted by Gasteiger charge is 2.19. The molecule has 0 N–H and O–H groups in total. The molecule has 0 aliphatic rings. The minimum absolute atomic E-state index is 0.0792. The molecule has 0 rings (SSSR count). The van der Waals surface area contributed by atoms with Gasteiger partial charge in [-0.05, 0) is 70.6 Å². The van der Waals surface area contributed by atoms with Gasteiger partial charge in [0, 0.05) is 19.3 Å². The van der Waals surface area contributed by atoms with Gasteiger partial charge in [0.25, 0.3) is 0 Å². The zero-order valence-electron chi connectivity index (χ0n) is 36.7. The summed E-state index contributed by atoms with van der Waals surface area (Å²) in [6.45, 7) is 6.59. The maximum atomic E-state index is 12.7. The standard InChI is InChI=1S/C49H90O6/c1-4-7-10-13-16-19-22-24-26-27-30-33-36-39-42-48(51)54-45-46(44-53-47(50)41-38-35-32-29-21-18-15-12-9-6-3)55-49(52)43-40-37-34-31-28-25-23-20-17-14-11-8-5-2/h25-28,46H,4-24,29-45H2,1-3H3/b27-26-,28-25-. The van der Waals surface area contributed by atoms with Crippen LogP contribution < -0.4 is 0 Å². The van der Waals surface area contributed by atoms with Crippen LogP contribution >= 0.6 is 0 Å². The highest BCUT2D eigenvalue weighted by atomic mass is 16.6. The maximum Gasteiger partial charge on any atom is 0.306 e. The Morgan fingerprint density at radius 3 is 0.927 bits per heavy atom. The van der Waals surface area contributed by atoms with Crippen molar-refractivity contribution in [2.45, 2.75) is 258 Å². The molecule has 0 saturated heterocycles. The average molecular weight is 775 g/mol. The van der Waals surface area contributed by atoms with Crippen LogP contribution in [0.1, 0.15) is 252 Å². The van der Waals surface area contributed by atoms with Gasteiger partial charge in [-0.1, -0.05) is 186 Å². The molecule has 0 amide bonds. The summed E-state index contributed by atoms with van der Waals surface area (Å²) in [7, 11) is 0. The second kappa shape index (κ2) is 44.6. The third kappa shape index (κ3) is 42.9. The van der Waals surface area contributed by atoms with Gasteiger partial charge in [-0.3, -0.25) is 14.4 Å². The summed E-state index contributed by atoms with van der Waals surface area (Å²) in [5, 5.41) is 0. The first-order chi connectivity index (χ1) is 27.0. The third-order valence-corrected chi connectivity index (χ3v) is 10.4. The Morgan fingerprint density at radius 2 is 0.600 bits per heavy atom. The van der Waals surface area contributed by atoms with Crippen LogP contribution in [-0.2, 0) is 28.6 Å². The summed E-state index contributed by atoms with van der Waals surface area (Å²) >= 11 is 0. The minimum Gasteiger partial charge on any atom is -0.462 e. The fourth-order valence-electron chi connectivity index (χ4n) is 6.78. The second-order valence-corrected chi connectivity index (χ2v) is 16.0. The Morgan fingerprint density at radius 1 is 0.345 bits per heavy atom. The molecule has 0 aliphatic carbocycles. The van der Waals surface area contributed by atoms with Gasteiger partial charge in [-0.2, -0.15) is 0 Å². The molecular formula is C49H90O6. The van der Waals surface area contributed by atoms with Crippen LogP contribution in [0.4, 0.5) is 0 Å². The summed E-state index contributed by atoms with van der Waals surface area (Å²) in [6, 6.07) is 0. The van der Waals surface area contributed by atoms with E-state index in [1.165, 1.54) is 128 Å². The Labute approximate surface area is 341 Å². The molecule has 0 heterocycles. The first kappa shape index (κ1) is 52.9. The van der Waals surface area contributed by atoms with Crippen molar-refractivity contribution < 1.29 is 28.6 Å². The number of hydrogen-bond acceptors (Lipinski definition) is 6. The van der Waals surface area contributed by atoms with Crippen molar-refractivity contribution in [3.63, 3.8) is 0 Å². The van der Waals surface area contributed by atoms with Crippen LogP contribution in [0.2, 0.25) is 0 Å². The minimum atomic E-state index is -0.778. The number of carbonyl (C=O) groups is 3. The van der Waals surface area contributed by atoms with Gasteiger partial charge in [-0.25, -0.2) is 0 Å².